The van der Waals surface area contributed by atoms with Gasteiger partial charge in [-0.1, -0.05) is 0 Å². The average Bonchev–Trinajstić information content (AvgIpc) is 2.72. The first-order valence-electron chi connectivity index (χ1n) is 5.01. The van der Waals surface area contributed by atoms with E-state index in [-0.39, 0.29) is 0 Å². The lowest BCUT2D eigenvalue weighted by atomic mass is 10.2. The molecule has 0 amide bonds. The highest BCUT2D eigenvalue weighted by molar-refractivity contribution is 5.02. The SMILES string of the molecule is OC(CN1CCNCC1)c1ccco1. The van der Waals surface area contributed by atoms with Crippen LogP contribution in [0.4, 0.5) is 0 Å². The van der Waals surface area contributed by atoms with Crippen molar-refractivity contribution in [2.45, 2.75) is 6.10 Å². The molecule has 2 heterocycles. The Kier molecular flexibility index (Phi) is 3.18. The van der Waals surface area contributed by atoms with Crippen molar-refractivity contribution in [1.82, 2.24) is 10.2 Å². The van der Waals surface area contributed by atoms with E-state index in [9.17, 15) is 5.11 Å². The van der Waals surface area contributed by atoms with Crippen LogP contribution in [0.15, 0.2) is 22.8 Å². The van der Waals surface area contributed by atoms with Gasteiger partial charge in [-0.05, 0) is 12.1 Å². The van der Waals surface area contributed by atoms with Gasteiger partial charge in [0.15, 0.2) is 0 Å². The molecule has 1 aliphatic heterocycles. The highest BCUT2D eigenvalue weighted by Gasteiger charge is 2.16. The summed E-state index contributed by atoms with van der Waals surface area (Å²) in [6, 6.07) is 3.61. The van der Waals surface area contributed by atoms with E-state index in [1.54, 1.807) is 12.3 Å². The summed E-state index contributed by atoms with van der Waals surface area (Å²) in [7, 11) is 0. The summed E-state index contributed by atoms with van der Waals surface area (Å²) in [4.78, 5) is 2.24. The number of aliphatic hydroxyl groups excluding tert-OH is 1. The normalized spacial score (nSPS) is 20.9. The van der Waals surface area contributed by atoms with E-state index >= 15 is 0 Å². The number of nitrogens with one attached hydrogen (secondary N) is 1. The van der Waals surface area contributed by atoms with Crippen molar-refractivity contribution in [2.75, 3.05) is 32.7 Å². The molecule has 1 fully saturated rings. The third-order valence-corrected chi connectivity index (χ3v) is 2.51. The van der Waals surface area contributed by atoms with Crippen LogP contribution >= 0.6 is 0 Å². The second-order valence-electron chi connectivity index (χ2n) is 3.58. The quantitative estimate of drug-likeness (QED) is 0.726. The van der Waals surface area contributed by atoms with Crippen molar-refractivity contribution in [3.05, 3.63) is 24.2 Å². The average molecular weight is 196 g/mol. The van der Waals surface area contributed by atoms with Crippen molar-refractivity contribution < 1.29 is 9.52 Å². The predicted molar refractivity (Wildman–Crippen MR) is 53.0 cm³/mol. The Morgan fingerprint density at radius 2 is 2.29 bits per heavy atom. The number of rotatable bonds is 3. The number of aliphatic hydroxyl groups is 1. The van der Waals surface area contributed by atoms with Crippen LogP contribution in [0.2, 0.25) is 0 Å². The van der Waals surface area contributed by atoms with Gasteiger partial charge in [-0.15, -0.1) is 0 Å². The van der Waals surface area contributed by atoms with E-state index in [0.29, 0.717) is 12.3 Å². The van der Waals surface area contributed by atoms with Crippen molar-refractivity contribution in [3.63, 3.8) is 0 Å². The van der Waals surface area contributed by atoms with Crippen LogP contribution in [0, 0.1) is 0 Å². The van der Waals surface area contributed by atoms with Crippen molar-refractivity contribution >= 4 is 0 Å². The van der Waals surface area contributed by atoms with Crippen LogP contribution < -0.4 is 5.32 Å². The summed E-state index contributed by atoms with van der Waals surface area (Å²) in [5, 5.41) is 13.1. The molecule has 2 N–H and O–H groups in total. The topological polar surface area (TPSA) is 48.6 Å². The van der Waals surface area contributed by atoms with E-state index in [0.717, 1.165) is 26.2 Å². The summed E-state index contributed by atoms with van der Waals surface area (Å²) in [6.45, 7) is 4.67. The Balaban J connectivity index is 1.84. The largest absolute Gasteiger partial charge is 0.467 e. The fourth-order valence-corrected chi connectivity index (χ4v) is 1.71. The molecule has 2 rings (SSSR count). The number of hydrogen-bond donors (Lipinski definition) is 2. The number of furan rings is 1. The first-order chi connectivity index (χ1) is 6.86. The summed E-state index contributed by atoms with van der Waals surface area (Å²) < 4.78 is 5.14. The lowest BCUT2D eigenvalue weighted by Gasteiger charge is -2.28. The molecule has 1 aliphatic rings. The summed E-state index contributed by atoms with van der Waals surface area (Å²) in [6.07, 6.45) is 1.10. The van der Waals surface area contributed by atoms with Crippen LogP contribution in [-0.2, 0) is 0 Å². The fourth-order valence-electron chi connectivity index (χ4n) is 1.71. The van der Waals surface area contributed by atoms with Crippen LogP contribution in [0.3, 0.4) is 0 Å². The van der Waals surface area contributed by atoms with E-state index in [2.05, 4.69) is 10.2 Å². The van der Waals surface area contributed by atoms with Crippen LogP contribution in [0.25, 0.3) is 0 Å². The molecule has 0 saturated carbocycles. The fraction of sp³-hybridized carbons (Fsp3) is 0.600. The van der Waals surface area contributed by atoms with Gasteiger partial charge in [0.25, 0.3) is 0 Å². The van der Waals surface area contributed by atoms with Gasteiger partial charge in [0.1, 0.15) is 11.9 Å². The van der Waals surface area contributed by atoms with E-state index < -0.39 is 6.10 Å². The van der Waals surface area contributed by atoms with Crippen LogP contribution in [0.5, 0.6) is 0 Å². The van der Waals surface area contributed by atoms with Gasteiger partial charge in [0, 0.05) is 32.7 Å². The second-order valence-corrected chi connectivity index (χ2v) is 3.58. The van der Waals surface area contributed by atoms with Crippen molar-refractivity contribution in [3.8, 4) is 0 Å². The van der Waals surface area contributed by atoms with E-state index in [1.165, 1.54) is 0 Å². The highest BCUT2D eigenvalue weighted by atomic mass is 16.4. The highest BCUT2D eigenvalue weighted by Crippen LogP contribution is 2.14. The van der Waals surface area contributed by atoms with Gasteiger partial charge in [0.05, 0.1) is 6.26 Å². The van der Waals surface area contributed by atoms with E-state index in [4.69, 9.17) is 4.42 Å². The molecule has 4 nitrogen and oxygen atoms in total. The number of hydrogen-bond acceptors (Lipinski definition) is 4. The Bertz CT molecular complexity index is 255. The molecule has 1 saturated heterocycles. The first kappa shape index (κ1) is 9.71. The number of piperazine rings is 1. The first-order valence-corrected chi connectivity index (χ1v) is 5.01. The smallest absolute Gasteiger partial charge is 0.133 e. The number of nitrogens with zero attached hydrogens (tertiary/aromatic N) is 1. The lowest BCUT2D eigenvalue weighted by molar-refractivity contribution is 0.0884. The summed E-state index contributed by atoms with van der Waals surface area (Å²) in [5.41, 5.74) is 0. The predicted octanol–water partition coefficient (Wildman–Crippen LogP) is 0.218. The van der Waals surface area contributed by atoms with Crippen molar-refractivity contribution in [1.29, 1.82) is 0 Å². The third-order valence-electron chi connectivity index (χ3n) is 2.51. The minimum atomic E-state index is -0.497. The van der Waals surface area contributed by atoms with Crippen LogP contribution in [-0.4, -0.2) is 42.7 Å². The van der Waals surface area contributed by atoms with Crippen molar-refractivity contribution in [2.24, 2.45) is 0 Å². The summed E-state index contributed by atoms with van der Waals surface area (Å²) >= 11 is 0. The monoisotopic (exact) mass is 196 g/mol. The zero-order valence-electron chi connectivity index (χ0n) is 8.15. The second kappa shape index (κ2) is 4.59. The van der Waals surface area contributed by atoms with Gasteiger partial charge >= 0.3 is 0 Å². The van der Waals surface area contributed by atoms with E-state index in [1.807, 2.05) is 6.07 Å². The molecule has 0 aromatic carbocycles. The minimum Gasteiger partial charge on any atom is -0.467 e. The molecule has 1 unspecified atom stereocenters. The Morgan fingerprint density at radius 1 is 1.50 bits per heavy atom. The third kappa shape index (κ3) is 2.35. The zero-order chi connectivity index (χ0) is 9.80. The molecule has 4 heteroatoms. The molecular formula is C10H16N2O2. The van der Waals surface area contributed by atoms with Gasteiger partial charge in [-0.25, -0.2) is 0 Å². The molecule has 1 atom stereocenters. The molecule has 0 aliphatic carbocycles. The van der Waals surface area contributed by atoms with Gasteiger partial charge in [-0.2, -0.15) is 0 Å². The Morgan fingerprint density at radius 3 is 2.93 bits per heavy atom. The van der Waals surface area contributed by atoms with Gasteiger partial charge in [-0.3, -0.25) is 4.90 Å². The maximum Gasteiger partial charge on any atom is 0.133 e. The maximum absolute atomic E-state index is 9.81. The molecule has 0 radical (unpaired) electrons. The molecule has 14 heavy (non-hydrogen) atoms. The Hall–Kier alpha value is -0.840. The molecule has 78 valence electrons. The van der Waals surface area contributed by atoms with Crippen LogP contribution in [0.1, 0.15) is 11.9 Å². The molecule has 1 aromatic rings. The molecule has 1 aromatic heterocycles. The standard InChI is InChI=1S/C10H16N2O2/c13-9(10-2-1-7-14-10)8-12-5-3-11-4-6-12/h1-2,7,9,11,13H,3-6,8H2. The zero-order valence-corrected chi connectivity index (χ0v) is 8.15. The van der Waals surface area contributed by atoms with Gasteiger partial charge < -0.3 is 14.8 Å². The summed E-state index contributed by atoms with van der Waals surface area (Å²) in [5.74, 6) is 0.656. The number of β-amino-alcohol motifs (C(OH)–C–C–N with tert-alkyl or cyclic N) is 1. The Labute approximate surface area is 83.5 Å². The molecule has 0 bridgehead atoms. The molecular weight excluding hydrogens is 180 g/mol. The maximum atomic E-state index is 9.81. The lowest BCUT2D eigenvalue weighted by Crippen LogP contribution is -2.44. The van der Waals surface area contributed by atoms with Gasteiger partial charge in [0.2, 0.25) is 0 Å². The molecule has 0 spiro atoms. The minimum absolute atomic E-state index is 0.497.